The Morgan fingerprint density at radius 3 is 2.79 bits per heavy atom. The van der Waals surface area contributed by atoms with Crippen molar-refractivity contribution in [1.82, 2.24) is 5.32 Å². The largest absolute Gasteiger partial charge is 0.480 e. The highest BCUT2D eigenvalue weighted by molar-refractivity contribution is 7.98. The number of rotatable bonds is 8. The van der Waals surface area contributed by atoms with Crippen LogP contribution in [0, 0.1) is 10.1 Å². The standard InChI is InChI=1S/C12H16N2O4S/c1-19-7-6-10(12(15)16)13-8-9-4-2-3-5-11(9)14(17)18/h2-5,10,13H,6-8H2,1H3,(H,15,16)/t10-/m0/s1. The monoisotopic (exact) mass is 284 g/mol. The fourth-order valence-electron chi connectivity index (χ4n) is 1.62. The van der Waals surface area contributed by atoms with Gasteiger partial charge in [-0.1, -0.05) is 18.2 Å². The second-order valence-corrected chi connectivity index (χ2v) is 4.92. The zero-order valence-corrected chi connectivity index (χ0v) is 11.4. The highest BCUT2D eigenvalue weighted by Gasteiger charge is 2.18. The zero-order chi connectivity index (χ0) is 14.3. The number of para-hydroxylation sites is 1. The number of carboxylic acids is 1. The third kappa shape index (κ3) is 4.88. The third-order valence-electron chi connectivity index (χ3n) is 2.64. The summed E-state index contributed by atoms with van der Waals surface area (Å²) in [5.41, 5.74) is 0.493. The molecule has 1 aromatic carbocycles. The van der Waals surface area contributed by atoms with E-state index in [1.807, 2.05) is 6.26 Å². The van der Waals surface area contributed by atoms with Crippen molar-refractivity contribution in [3.8, 4) is 0 Å². The number of benzene rings is 1. The molecule has 0 amide bonds. The lowest BCUT2D eigenvalue weighted by Gasteiger charge is -2.13. The van der Waals surface area contributed by atoms with E-state index >= 15 is 0 Å². The van der Waals surface area contributed by atoms with E-state index in [2.05, 4.69) is 5.32 Å². The van der Waals surface area contributed by atoms with Crippen LogP contribution in [0.2, 0.25) is 0 Å². The number of carboxylic acid groups (broad SMARTS) is 1. The average Bonchev–Trinajstić information content (AvgIpc) is 2.38. The molecule has 1 aromatic rings. The first kappa shape index (κ1) is 15.5. The molecule has 1 atom stereocenters. The van der Waals surface area contributed by atoms with Crippen LogP contribution in [0.1, 0.15) is 12.0 Å². The topological polar surface area (TPSA) is 92.5 Å². The van der Waals surface area contributed by atoms with E-state index in [1.165, 1.54) is 6.07 Å². The second-order valence-electron chi connectivity index (χ2n) is 3.94. The summed E-state index contributed by atoms with van der Waals surface area (Å²) in [7, 11) is 0. The number of nitrogens with zero attached hydrogens (tertiary/aromatic N) is 1. The average molecular weight is 284 g/mol. The van der Waals surface area contributed by atoms with Crippen molar-refractivity contribution in [2.24, 2.45) is 0 Å². The maximum atomic E-state index is 11.0. The van der Waals surface area contributed by atoms with Gasteiger partial charge in [0.15, 0.2) is 0 Å². The maximum absolute atomic E-state index is 11.0. The summed E-state index contributed by atoms with van der Waals surface area (Å²) in [5, 5.41) is 22.7. The summed E-state index contributed by atoms with van der Waals surface area (Å²) in [4.78, 5) is 21.4. The van der Waals surface area contributed by atoms with Gasteiger partial charge in [-0.2, -0.15) is 11.8 Å². The molecular weight excluding hydrogens is 268 g/mol. The Morgan fingerprint density at radius 2 is 2.21 bits per heavy atom. The summed E-state index contributed by atoms with van der Waals surface area (Å²) in [6.45, 7) is 0.169. The van der Waals surface area contributed by atoms with Gasteiger partial charge in [-0.3, -0.25) is 14.9 Å². The van der Waals surface area contributed by atoms with E-state index in [0.717, 1.165) is 5.75 Å². The molecule has 0 aliphatic carbocycles. The molecular formula is C12H16N2O4S. The van der Waals surface area contributed by atoms with Gasteiger partial charge < -0.3 is 10.4 Å². The molecule has 0 radical (unpaired) electrons. The van der Waals surface area contributed by atoms with E-state index in [1.54, 1.807) is 30.0 Å². The Balaban J connectivity index is 2.68. The quantitative estimate of drug-likeness (QED) is 0.559. The van der Waals surface area contributed by atoms with Crippen molar-refractivity contribution in [1.29, 1.82) is 0 Å². The van der Waals surface area contributed by atoms with Crippen LogP contribution >= 0.6 is 11.8 Å². The fourth-order valence-corrected chi connectivity index (χ4v) is 2.09. The van der Waals surface area contributed by atoms with E-state index in [-0.39, 0.29) is 12.2 Å². The van der Waals surface area contributed by atoms with Gasteiger partial charge in [0.2, 0.25) is 0 Å². The number of nitrogens with one attached hydrogen (secondary N) is 1. The molecule has 0 bridgehead atoms. The van der Waals surface area contributed by atoms with Gasteiger partial charge in [0.25, 0.3) is 5.69 Å². The number of hydrogen-bond acceptors (Lipinski definition) is 5. The van der Waals surface area contributed by atoms with Crippen LogP contribution in [0.5, 0.6) is 0 Å². The van der Waals surface area contributed by atoms with Crippen molar-refractivity contribution in [3.63, 3.8) is 0 Å². The first-order valence-electron chi connectivity index (χ1n) is 5.73. The lowest BCUT2D eigenvalue weighted by molar-refractivity contribution is -0.385. The van der Waals surface area contributed by atoms with Crippen molar-refractivity contribution >= 4 is 23.4 Å². The summed E-state index contributed by atoms with van der Waals surface area (Å²) < 4.78 is 0. The Labute approximate surface area is 115 Å². The van der Waals surface area contributed by atoms with Crippen LogP contribution in [-0.2, 0) is 11.3 Å². The molecule has 1 rings (SSSR count). The summed E-state index contributed by atoms with van der Waals surface area (Å²) in [6.07, 6.45) is 2.39. The van der Waals surface area contributed by atoms with Gasteiger partial charge in [-0.15, -0.1) is 0 Å². The molecule has 104 valence electrons. The number of carbonyl (C=O) groups is 1. The predicted molar refractivity (Wildman–Crippen MR) is 74.4 cm³/mol. The molecule has 0 unspecified atom stereocenters. The van der Waals surface area contributed by atoms with Crippen molar-refractivity contribution in [2.75, 3.05) is 12.0 Å². The summed E-state index contributed by atoms with van der Waals surface area (Å²) in [5.74, 6) is -0.214. The van der Waals surface area contributed by atoms with Gasteiger partial charge in [-0.25, -0.2) is 0 Å². The van der Waals surface area contributed by atoms with Crippen molar-refractivity contribution < 1.29 is 14.8 Å². The molecule has 0 aliphatic heterocycles. The van der Waals surface area contributed by atoms with E-state index < -0.39 is 16.9 Å². The predicted octanol–water partition coefficient (Wildman–Crippen LogP) is 1.89. The Hall–Kier alpha value is -1.60. The van der Waals surface area contributed by atoms with Gasteiger partial charge in [-0.05, 0) is 18.4 Å². The molecule has 6 nitrogen and oxygen atoms in total. The lowest BCUT2D eigenvalue weighted by atomic mass is 10.1. The SMILES string of the molecule is CSCC[C@H](NCc1ccccc1[N+](=O)[O-])C(=O)O. The van der Waals surface area contributed by atoms with E-state index in [0.29, 0.717) is 12.0 Å². The minimum Gasteiger partial charge on any atom is -0.480 e. The minimum atomic E-state index is -0.937. The normalized spacial score (nSPS) is 12.1. The number of aliphatic carboxylic acids is 1. The smallest absolute Gasteiger partial charge is 0.320 e. The molecule has 2 N–H and O–H groups in total. The lowest BCUT2D eigenvalue weighted by Crippen LogP contribution is -2.36. The van der Waals surface area contributed by atoms with E-state index in [9.17, 15) is 14.9 Å². The van der Waals surface area contributed by atoms with Crippen molar-refractivity contribution in [3.05, 3.63) is 39.9 Å². The first-order valence-corrected chi connectivity index (χ1v) is 7.13. The summed E-state index contributed by atoms with van der Waals surface area (Å²) >= 11 is 1.57. The van der Waals surface area contributed by atoms with Crippen LogP contribution in [-0.4, -0.2) is 34.0 Å². The van der Waals surface area contributed by atoms with Gasteiger partial charge >= 0.3 is 5.97 Å². The van der Waals surface area contributed by atoms with Crippen LogP contribution in [0.3, 0.4) is 0 Å². The zero-order valence-electron chi connectivity index (χ0n) is 10.5. The molecule has 0 fully saturated rings. The maximum Gasteiger partial charge on any atom is 0.320 e. The first-order chi connectivity index (χ1) is 9.06. The Bertz CT molecular complexity index is 453. The number of nitro groups is 1. The van der Waals surface area contributed by atoms with Gasteiger partial charge in [0, 0.05) is 18.2 Å². The molecule has 0 saturated carbocycles. The molecule has 0 heterocycles. The van der Waals surface area contributed by atoms with E-state index in [4.69, 9.17) is 5.11 Å². The van der Waals surface area contributed by atoms with Crippen LogP contribution in [0.25, 0.3) is 0 Å². The minimum absolute atomic E-state index is 0.00371. The van der Waals surface area contributed by atoms with Crippen LogP contribution in [0.15, 0.2) is 24.3 Å². The Kier molecular flexibility index (Phi) is 6.31. The number of thioether (sulfide) groups is 1. The molecule has 0 saturated heterocycles. The fraction of sp³-hybridized carbons (Fsp3) is 0.417. The molecule has 0 spiro atoms. The number of hydrogen-bond donors (Lipinski definition) is 2. The summed E-state index contributed by atoms with van der Waals surface area (Å²) in [6, 6.07) is 5.63. The molecule has 7 heteroatoms. The van der Waals surface area contributed by atoms with Gasteiger partial charge in [0.1, 0.15) is 6.04 Å². The Morgan fingerprint density at radius 1 is 1.53 bits per heavy atom. The highest BCUT2D eigenvalue weighted by atomic mass is 32.2. The molecule has 19 heavy (non-hydrogen) atoms. The number of nitro benzene ring substituents is 1. The molecule has 0 aromatic heterocycles. The van der Waals surface area contributed by atoms with Crippen LogP contribution in [0.4, 0.5) is 5.69 Å². The van der Waals surface area contributed by atoms with Crippen LogP contribution < -0.4 is 5.32 Å². The van der Waals surface area contributed by atoms with Crippen molar-refractivity contribution in [2.45, 2.75) is 19.0 Å². The highest BCUT2D eigenvalue weighted by Crippen LogP contribution is 2.17. The third-order valence-corrected chi connectivity index (χ3v) is 3.28. The second kappa shape index (κ2) is 7.75. The molecule has 0 aliphatic rings. The van der Waals surface area contributed by atoms with Gasteiger partial charge in [0.05, 0.1) is 4.92 Å².